The molecule has 0 spiro atoms. The minimum atomic E-state index is 0.208. The number of nitriles is 1. The molecule has 0 fully saturated rings. The monoisotopic (exact) mass is 284 g/mol. The lowest BCUT2D eigenvalue weighted by molar-refractivity contribution is 0.748. The van der Waals surface area contributed by atoms with Crippen molar-refractivity contribution in [3.8, 4) is 6.07 Å². The first kappa shape index (κ1) is 14.4. The first-order valence-electron chi connectivity index (χ1n) is 6.66. The highest BCUT2D eigenvalue weighted by molar-refractivity contribution is 6.30. The molecule has 1 unspecified atom stereocenters. The summed E-state index contributed by atoms with van der Waals surface area (Å²) in [7, 11) is 0. The maximum Gasteiger partial charge on any atom is 0.0992 e. The third kappa shape index (κ3) is 3.31. The van der Waals surface area contributed by atoms with E-state index in [0.29, 0.717) is 5.56 Å². The van der Waals surface area contributed by atoms with Crippen LogP contribution in [-0.4, -0.2) is 0 Å². The van der Waals surface area contributed by atoms with Crippen LogP contribution >= 0.6 is 11.6 Å². The summed E-state index contributed by atoms with van der Waals surface area (Å²) in [6, 6.07) is 16.0. The fourth-order valence-corrected chi connectivity index (χ4v) is 2.28. The van der Waals surface area contributed by atoms with Gasteiger partial charge in [0.2, 0.25) is 0 Å². The van der Waals surface area contributed by atoms with Crippen molar-refractivity contribution >= 4 is 17.3 Å². The van der Waals surface area contributed by atoms with Crippen LogP contribution in [-0.2, 0) is 0 Å². The average Bonchev–Trinajstić information content (AvgIpc) is 2.47. The lowest BCUT2D eigenvalue weighted by atomic mass is 10.0. The van der Waals surface area contributed by atoms with E-state index in [4.69, 9.17) is 16.9 Å². The summed E-state index contributed by atoms with van der Waals surface area (Å²) in [6.45, 7) is 4.17. The molecule has 2 aromatic rings. The van der Waals surface area contributed by atoms with E-state index in [2.05, 4.69) is 18.3 Å². The summed E-state index contributed by atoms with van der Waals surface area (Å²) in [6.07, 6.45) is 0.956. The van der Waals surface area contributed by atoms with Crippen LogP contribution in [0.2, 0.25) is 5.02 Å². The molecule has 0 saturated heterocycles. The highest BCUT2D eigenvalue weighted by Gasteiger charge is 2.10. The van der Waals surface area contributed by atoms with Crippen LogP contribution in [0.5, 0.6) is 0 Å². The van der Waals surface area contributed by atoms with Gasteiger partial charge < -0.3 is 5.32 Å². The lowest BCUT2D eigenvalue weighted by Gasteiger charge is -2.20. The third-order valence-corrected chi connectivity index (χ3v) is 3.63. The van der Waals surface area contributed by atoms with Gasteiger partial charge >= 0.3 is 0 Å². The number of nitrogens with zero attached hydrogens (tertiary/aromatic N) is 1. The topological polar surface area (TPSA) is 35.8 Å². The molecule has 0 aliphatic rings. The van der Waals surface area contributed by atoms with Gasteiger partial charge in [0.1, 0.15) is 0 Å². The number of hydrogen-bond acceptors (Lipinski definition) is 2. The van der Waals surface area contributed by atoms with Gasteiger partial charge in [-0.05, 0) is 48.7 Å². The van der Waals surface area contributed by atoms with Crippen LogP contribution in [0, 0.1) is 18.3 Å². The van der Waals surface area contributed by atoms with Crippen molar-refractivity contribution in [1.82, 2.24) is 0 Å². The quantitative estimate of drug-likeness (QED) is 0.849. The van der Waals surface area contributed by atoms with Crippen LogP contribution in [0.3, 0.4) is 0 Å². The summed E-state index contributed by atoms with van der Waals surface area (Å²) in [5, 5.41) is 13.3. The van der Waals surface area contributed by atoms with Gasteiger partial charge in [-0.25, -0.2) is 0 Å². The molecule has 0 aliphatic carbocycles. The van der Waals surface area contributed by atoms with Crippen LogP contribution in [0.4, 0.5) is 5.69 Å². The smallest absolute Gasteiger partial charge is 0.0992 e. The molecule has 1 atom stereocenters. The summed E-state index contributed by atoms with van der Waals surface area (Å²) in [5.74, 6) is 0. The second kappa shape index (κ2) is 6.45. The van der Waals surface area contributed by atoms with E-state index < -0.39 is 0 Å². The Morgan fingerprint density at radius 2 is 1.90 bits per heavy atom. The van der Waals surface area contributed by atoms with Gasteiger partial charge in [-0.3, -0.25) is 0 Å². The minimum Gasteiger partial charge on any atom is -0.378 e. The molecule has 2 nitrogen and oxygen atoms in total. The van der Waals surface area contributed by atoms with E-state index in [0.717, 1.165) is 22.7 Å². The maximum absolute atomic E-state index is 9.00. The Balaban J connectivity index is 2.26. The molecule has 0 aromatic heterocycles. The van der Waals surface area contributed by atoms with Crippen LogP contribution < -0.4 is 5.32 Å². The second-order valence-electron chi connectivity index (χ2n) is 4.80. The molecule has 0 radical (unpaired) electrons. The largest absolute Gasteiger partial charge is 0.378 e. The van der Waals surface area contributed by atoms with Gasteiger partial charge in [0.05, 0.1) is 17.7 Å². The second-order valence-corrected chi connectivity index (χ2v) is 5.23. The Morgan fingerprint density at radius 1 is 1.20 bits per heavy atom. The first-order chi connectivity index (χ1) is 9.63. The van der Waals surface area contributed by atoms with Crippen molar-refractivity contribution in [2.75, 3.05) is 5.32 Å². The van der Waals surface area contributed by atoms with Crippen LogP contribution in [0.15, 0.2) is 42.5 Å². The van der Waals surface area contributed by atoms with Crippen molar-refractivity contribution in [2.45, 2.75) is 26.3 Å². The molecule has 20 heavy (non-hydrogen) atoms. The first-order valence-corrected chi connectivity index (χ1v) is 7.04. The highest BCUT2D eigenvalue weighted by Crippen LogP contribution is 2.26. The Hall–Kier alpha value is -1.98. The molecule has 0 heterocycles. The summed E-state index contributed by atoms with van der Waals surface area (Å²) < 4.78 is 0. The molecular formula is C17H17ClN2. The number of hydrogen-bond donors (Lipinski definition) is 1. The normalized spacial score (nSPS) is 11.7. The number of anilines is 1. The Bertz CT molecular complexity index is 626. The van der Waals surface area contributed by atoms with Crippen molar-refractivity contribution in [3.05, 3.63) is 64.2 Å². The van der Waals surface area contributed by atoms with Crippen LogP contribution in [0.1, 0.15) is 36.1 Å². The highest BCUT2D eigenvalue weighted by atomic mass is 35.5. The molecule has 0 amide bonds. The zero-order chi connectivity index (χ0) is 14.5. The minimum absolute atomic E-state index is 0.208. The molecule has 1 N–H and O–H groups in total. The van der Waals surface area contributed by atoms with E-state index >= 15 is 0 Å². The molecular weight excluding hydrogens is 268 g/mol. The Kier molecular flexibility index (Phi) is 4.65. The van der Waals surface area contributed by atoms with Crippen molar-refractivity contribution in [3.63, 3.8) is 0 Å². The molecule has 0 bridgehead atoms. The predicted molar refractivity (Wildman–Crippen MR) is 84.0 cm³/mol. The zero-order valence-corrected chi connectivity index (χ0v) is 12.4. The van der Waals surface area contributed by atoms with E-state index in [1.807, 2.05) is 49.4 Å². The van der Waals surface area contributed by atoms with Crippen molar-refractivity contribution in [1.29, 1.82) is 5.26 Å². The number of rotatable bonds is 4. The fraction of sp³-hybridized carbons (Fsp3) is 0.235. The number of nitrogens with one attached hydrogen (secondary N) is 1. The van der Waals surface area contributed by atoms with Crippen molar-refractivity contribution in [2.24, 2.45) is 0 Å². The van der Waals surface area contributed by atoms with E-state index in [1.54, 1.807) is 0 Å². The van der Waals surface area contributed by atoms with Gasteiger partial charge in [0.15, 0.2) is 0 Å². The van der Waals surface area contributed by atoms with Gasteiger partial charge in [-0.15, -0.1) is 0 Å². The number of halogens is 1. The molecule has 2 aromatic carbocycles. The lowest BCUT2D eigenvalue weighted by Crippen LogP contribution is -2.10. The molecule has 102 valence electrons. The standard InChI is InChI=1S/C17H17ClN2/c1-3-16(14-6-8-15(18)9-7-14)20-17-10-13(11-19)5-4-12(17)2/h4-10,16,20H,3H2,1-2H3. The summed E-state index contributed by atoms with van der Waals surface area (Å²) in [5.41, 5.74) is 4.00. The zero-order valence-electron chi connectivity index (χ0n) is 11.7. The van der Waals surface area contributed by atoms with Gasteiger partial charge in [0, 0.05) is 10.7 Å². The van der Waals surface area contributed by atoms with E-state index in [1.165, 1.54) is 5.56 Å². The third-order valence-electron chi connectivity index (χ3n) is 3.38. The van der Waals surface area contributed by atoms with Crippen LogP contribution in [0.25, 0.3) is 0 Å². The van der Waals surface area contributed by atoms with Gasteiger partial charge in [0.25, 0.3) is 0 Å². The van der Waals surface area contributed by atoms with Gasteiger partial charge in [-0.1, -0.05) is 36.7 Å². The number of benzene rings is 2. The summed E-state index contributed by atoms with van der Waals surface area (Å²) >= 11 is 5.93. The van der Waals surface area contributed by atoms with E-state index in [-0.39, 0.29) is 6.04 Å². The van der Waals surface area contributed by atoms with Gasteiger partial charge in [-0.2, -0.15) is 5.26 Å². The summed E-state index contributed by atoms with van der Waals surface area (Å²) in [4.78, 5) is 0. The molecule has 2 rings (SSSR count). The van der Waals surface area contributed by atoms with E-state index in [9.17, 15) is 0 Å². The predicted octanol–water partition coefficient (Wildman–Crippen LogP) is 5.08. The fourth-order valence-electron chi connectivity index (χ4n) is 2.15. The maximum atomic E-state index is 9.00. The SMILES string of the molecule is CCC(Nc1cc(C#N)ccc1C)c1ccc(Cl)cc1. The van der Waals surface area contributed by atoms with Crippen molar-refractivity contribution < 1.29 is 0 Å². The Morgan fingerprint density at radius 3 is 2.50 bits per heavy atom. The number of aryl methyl sites for hydroxylation is 1. The Labute approximate surface area is 125 Å². The average molecular weight is 285 g/mol. The molecule has 0 saturated carbocycles. The molecule has 0 aliphatic heterocycles. The molecule has 3 heteroatoms.